The second-order valence-corrected chi connectivity index (χ2v) is 6.67. The summed E-state index contributed by atoms with van der Waals surface area (Å²) in [6, 6.07) is 10.0. The Morgan fingerprint density at radius 2 is 1.87 bits per heavy atom. The smallest absolute Gasteiger partial charge is 0.411 e. The number of halogens is 4. The third-order valence-corrected chi connectivity index (χ3v) is 4.39. The van der Waals surface area contributed by atoms with Gasteiger partial charge in [0.2, 0.25) is 0 Å². The van der Waals surface area contributed by atoms with Crippen LogP contribution in [0.1, 0.15) is 11.1 Å². The lowest BCUT2D eigenvalue weighted by molar-refractivity contribution is -0.176. The van der Waals surface area contributed by atoms with Crippen molar-refractivity contribution < 1.29 is 31.8 Å². The van der Waals surface area contributed by atoms with Crippen molar-refractivity contribution in [3.05, 3.63) is 65.1 Å². The Kier molecular flexibility index (Phi) is 6.37. The number of ether oxygens (including phenoxy) is 2. The lowest BCUT2D eigenvalue weighted by atomic mass is 10.1. The van der Waals surface area contributed by atoms with Crippen LogP contribution in [-0.2, 0) is 16.1 Å². The first-order chi connectivity index (χ1) is 14.2. The van der Waals surface area contributed by atoms with Crippen LogP contribution in [0.3, 0.4) is 0 Å². The van der Waals surface area contributed by atoms with Gasteiger partial charge in [-0.05, 0) is 60.3 Å². The molecular weight excluding hydrogens is 424 g/mol. The maximum atomic E-state index is 13.1. The highest BCUT2D eigenvalue weighted by molar-refractivity contribution is 7.80. The van der Waals surface area contributed by atoms with Crippen LogP contribution in [0, 0.1) is 5.82 Å². The molecule has 2 aromatic rings. The number of nitrogens with one attached hydrogen (secondary N) is 1. The molecule has 30 heavy (non-hydrogen) atoms. The van der Waals surface area contributed by atoms with Crippen LogP contribution in [0.4, 0.5) is 23.2 Å². The van der Waals surface area contributed by atoms with Crippen LogP contribution < -0.4 is 15.0 Å². The first kappa shape index (κ1) is 21.7. The number of carbonyl (C=O) groups is 1. The van der Waals surface area contributed by atoms with Crippen molar-refractivity contribution in [2.45, 2.75) is 12.8 Å². The van der Waals surface area contributed by atoms with E-state index in [-0.39, 0.29) is 17.4 Å². The van der Waals surface area contributed by atoms with Crippen molar-refractivity contribution in [1.29, 1.82) is 0 Å². The van der Waals surface area contributed by atoms with Gasteiger partial charge in [-0.1, -0.05) is 6.07 Å². The second kappa shape index (κ2) is 8.80. The summed E-state index contributed by atoms with van der Waals surface area (Å²) in [6.45, 7) is -1.70. The molecule has 0 aromatic heterocycles. The zero-order valence-electron chi connectivity index (χ0n) is 15.6. The topological polar surface area (TPSA) is 50.8 Å². The van der Waals surface area contributed by atoms with Gasteiger partial charge >= 0.3 is 6.18 Å². The fourth-order valence-electron chi connectivity index (χ4n) is 2.80. The summed E-state index contributed by atoms with van der Waals surface area (Å²) in [4.78, 5) is 14.0. The Hall–Kier alpha value is -2.98. The average molecular weight is 440 g/mol. The van der Waals surface area contributed by atoms with Crippen molar-refractivity contribution >= 4 is 35.0 Å². The Labute approximate surface area is 174 Å². The fourth-order valence-corrected chi connectivity index (χ4v) is 3.10. The molecule has 1 heterocycles. The SMILES string of the molecule is COc1ccc(/C=C2/NC(=S)N(c3ccc(F)cc3)C2=O)cc1COCC(F)(F)F. The molecule has 1 amide bonds. The highest BCUT2D eigenvalue weighted by Crippen LogP contribution is 2.26. The molecular formula is C20H16F4N2O3S. The molecule has 0 saturated carbocycles. The van der Waals surface area contributed by atoms with E-state index in [4.69, 9.17) is 21.7 Å². The van der Waals surface area contributed by atoms with E-state index in [1.54, 1.807) is 18.2 Å². The number of hydrogen-bond donors (Lipinski definition) is 1. The zero-order chi connectivity index (χ0) is 21.9. The minimum atomic E-state index is -4.44. The molecule has 0 atom stereocenters. The average Bonchev–Trinajstić information content (AvgIpc) is 2.95. The monoisotopic (exact) mass is 440 g/mol. The van der Waals surface area contributed by atoms with E-state index >= 15 is 0 Å². The molecule has 3 rings (SSSR count). The van der Waals surface area contributed by atoms with Crippen molar-refractivity contribution in [2.24, 2.45) is 0 Å². The van der Waals surface area contributed by atoms with E-state index in [2.05, 4.69) is 5.32 Å². The number of amides is 1. The van der Waals surface area contributed by atoms with Gasteiger partial charge in [0.15, 0.2) is 5.11 Å². The molecule has 1 aliphatic heterocycles. The first-order valence-electron chi connectivity index (χ1n) is 8.62. The van der Waals surface area contributed by atoms with Crippen LogP contribution >= 0.6 is 12.2 Å². The van der Waals surface area contributed by atoms with Crippen LogP contribution in [0.15, 0.2) is 48.2 Å². The quantitative estimate of drug-likeness (QED) is 0.415. The van der Waals surface area contributed by atoms with E-state index < -0.39 is 24.5 Å². The lowest BCUT2D eigenvalue weighted by Crippen LogP contribution is -2.30. The van der Waals surface area contributed by atoms with Gasteiger partial charge in [0, 0.05) is 5.56 Å². The summed E-state index contributed by atoms with van der Waals surface area (Å²) in [7, 11) is 1.39. The second-order valence-electron chi connectivity index (χ2n) is 6.28. The Bertz CT molecular complexity index is 991. The summed E-state index contributed by atoms with van der Waals surface area (Å²) >= 11 is 5.20. The third kappa shape index (κ3) is 5.14. The number of anilines is 1. The van der Waals surface area contributed by atoms with Crippen molar-refractivity contribution in [3.63, 3.8) is 0 Å². The summed E-state index contributed by atoms with van der Waals surface area (Å²) in [5.74, 6) is -0.538. The highest BCUT2D eigenvalue weighted by Gasteiger charge is 2.32. The summed E-state index contributed by atoms with van der Waals surface area (Å²) in [5.41, 5.74) is 1.48. The highest BCUT2D eigenvalue weighted by atomic mass is 32.1. The summed E-state index contributed by atoms with van der Waals surface area (Å²) in [5, 5.41) is 2.92. The third-order valence-electron chi connectivity index (χ3n) is 4.10. The number of nitrogens with zero attached hydrogens (tertiary/aromatic N) is 1. The number of methoxy groups -OCH3 is 1. The predicted molar refractivity (Wildman–Crippen MR) is 106 cm³/mol. The van der Waals surface area contributed by atoms with Gasteiger partial charge in [0.05, 0.1) is 19.4 Å². The molecule has 0 radical (unpaired) electrons. The van der Waals surface area contributed by atoms with Crippen LogP contribution in [-0.4, -0.2) is 30.9 Å². The van der Waals surface area contributed by atoms with E-state index in [0.29, 0.717) is 22.6 Å². The van der Waals surface area contributed by atoms with Gasteiger partial charge < -0.3 is 14.8 Å². The number of rotatable bonds is 6. The number of alkyl halides is 3. The largest absolute Gasteiger partial charge is 0.496 e. The van der Waals surface area contributed by atoms with E-state index in [1.165, 1.54) is 42.4 Å². The molecule has 0 bridgehead atoms. The Morgan fingerprint density at radius 3 is 2.50 bits per heavy atom. The molecule has 158 valence electrons. The van der Waals surface area contributed by atoms with E-state index in [9.17, 15) is 22.4 Å². The minimum absolute atomic E-state index is 0.125. The zero-order valence-corrected chi connectivity index (χ0v) is 16.4. The van der Waals surface area contributed by atoms with Gasteiger partial charge in [-0.2, -0.15) is 13.2 Å². The van der Waals surface area contributed by atoms with Gasteiger partial charge in [-0.15, -0.1) is 0 Å². The molecule has 10 heteroatoms. The summed E-state index contributed by atoms with van der Waals surface area (Å²) < 4.78 is 60.0. The van der Waals surface area contributed by atoms with Crippen LogP contribution in [0.2, 0.25) is 0 Å². The van der Waals surface area contributed by atoms with Crippen LogP contribution in [0.25, 0.3) is 6.08 Å². The molecule has 0 unspecified atom stereocenters. The molecule has 1 fully saturated rings. The number of thiocarbonyl (C=S) groups is 1. The van der Waals surface area contributed by atoms with Gasteiger partial charge in [0.25, 0.3) is 5.91 Å². The molecule has 0 spiro atoms. The molecule has 0 aliphatic carbocycles. The normalized spacial score (nSPS) is 15.6. The number of hydrogen-bond acceptors (Lipinski definition) is 4. The summed E-state index contributed by atoms with van der Waals surface area (Å²) in [6.07, 6.45) is -2.93. The van der Waals surface area contributed by atoms with E-state index in [1.807, 2.05) is 0 Å². The van der Waals surface area contributed by atoms with Gasteiger partial charge in [-0.25, -0.2) is 4.39 Å². The first-order valence-corrected chi connectivity index (χ1v) is 9.03. The van der Waals surface area contributed by atoms with Crippen molar-refractivity contribution in [3.8, 4) is 5.75 Å². The molecule has 1 saturated heterocycles. The Balaban J connectivity index is 1.82. The number of carbonyl (C=O) groups excluding carboxylic acids is 1. The van der Waals surface area contributed by atoms with Crippen molar-refractivity contribution in [1.82, 2.24) is 5.32 Å². The van der Waals surface area contributed by atoms with Crippen LogP contribution in [0.5, 0.6) is 5.75 Å². The molecule has 5 nitrogen and oxygen atoms in total. The fraction of sp³-hybridized carbons (Fsp3) is 0.200. The van der Waals surface area contributed by atoms with Crippen molar-refractivity contribution in [2.75, 3.05) is 18.6 Å². The maximum Gasteiger partial charge on any atom is 0.411 e. The molecule has 1 aliphatic rings. The predicted octanol–water partition coefficient (Wildman–Crippen LogP) is 4.18. The van der Waals surface area contributed by atoms with Gasteiger partial charge in [0.1, 0.15) is 23.9 Å². The Morgan fingerprint density at radius 1 is 1.17 bits per heavy atom. The van der Waals surface area contributed by atoms with E-state index in [0.717, 1.165) is 0 Å². The lowest BCUT2D eigenvalue weighted by Gasteiger charge is -2.13. The molecule has 2 aromatic carbocycles. The minimum Gasteiger partial charge on any atom is -0.496 e. The number of benzene rings is 2. The van der Waals surface area contributed by atoms with Gasteiger partial charge in [-0.3, -0.25) is 9.69 Å². The maximum absolute atomic E-state index is 13.1. The molecule has 1 N–H and O–H groups in total. The standard InChI is InChI=1S/C20H16F4N2O3S/c1-28-17-7-2-12(8-13(17)10-29-11-20(22,23)24)9-16-18(27)26(19(30)25-16)15-5-3-14(21)4-6-15/h2-9H,10-11H2,1H3,(H,25,30)/b16-9+.